The molecule has 0 spiro atoms. The van der Waals surface area contributed by atoms with Gasteiger partial charge in [0.1, 0.15) is 17.0 Å². The van der Waals surface area contributed by atoms with Gasteiger partial charge in [0, 0.05) is 44.8 Å². The number of carbonyl (C=O) groups is 3. The second kappa shape index (κ2) is 12.2. The summed E-state index contributed by atoms with van der Waals surface area (Å²) in [5.74, 6) is -2.04. The van der Waals surface area contributed by atoms with Crippen molar-refractivity contribution >= 4 is 56.8 Å². The number of anilines is 1. The normalized spacial score (nSPS) is 14.4. The molecule has 3 aromatic rings. The van der Waals surface area contributed by atoms with Crippen molar-refractivity contribution in [3.05, 3.63) is 64.3 Å². The molecule has 35 heavy (non-hydrogen) atoms. The number of hydrogen-bond acceptors (Lipinski definition) is 8. The molecule has 1 aliphatic heterocycles. The molecule has 0 aliphatic carbocycles. The molecule has 12 heteroatoms. The van der Waals surface area contributed by atoms with Crippen molar-refractivity contribution in [2.75, 3.05) is 18.4 Å². The SMILES string of the molecule is NC(=O)c1cccc(CN2CCC(Nc3ncnc4sc(Cl)cc34)CC2)c1.O=C(O)/C=C\C(=O)O.[HH]. The van der Waals surface area contributed by atoms with Gasteiger partial charge in [0.05, 0.1) is 9.72 Å². The highest BCUT2D eigenvalue weighted by Crippen LogP contribution is 2.32. The number of hydrogen-bond donors (Lipinski definition) is 4. The first-order valence-corrected chi connectivity index (χ1v) is 11.8. The van der Waals surface area contributed by atoms with E-state index in [2.05, 4.69) is 20.2 Å². The number of likely N-dealkylation sites (tertiary alicyclic amines) is 1. The van der Waals surface area contributed by atoms with E-state index in [4.69, 9.17) is 27.5 Å². The Hall–Kier alpha value is -3.54. The maximum atomic E-state index is 11.3. The molecule has 0 saturated carbocycles. The van der Waals surface area contributed by atoms with E-state index in [1.165, 1.54) is 11.3 Å². The molecule has 1 amide bonds. The van der Waals surface area contributed by atoms with Gasteiger partial charge in [0.15, 0.2) is 0 Å². The van der Waals surface area contributed by atoms with Crippen LogP contribution in [0, 0.1) is 0 Å². The second-order valence-corrected chi connectivity index (χ2v) is 9.42. The summed E-state index contributed by atoms with van der Waals surface area (Å²) in [6.07, 6.45) is 4.75. The maximum absolute atomic E-state index is 11.3. The van der Waals surface area contributed by atoms with Crippen LogP contribution in [0.15, 0.2) is 48.8 Å². The van der Waals surface area contributed by atoms with Gasteiger partial charge in [-0.25, -0.2) is 19.6 Å². The number of nitrogens with two attached hydrogens (primary N) is 1. The zero-order chi connectivity index (χ0) is 25.4. The van der Waals surface area contributed by atoms with Crippen LogP contribution in [0.2, 0.25) is 4.34 Å². The lowest BCUT2D eigenvalue weighted by Gasteiger charge is -2.32. The van der Waals surface area contributed by atoms with Gasteiger partial charge in [-0.15, -0.1) is 11.3 Å². The highest BCUT2D eigenvalue weighted by molar-refractivity contribution is 7.22. The fraction of sp³-hybridized carbons (Fsp3) is 0.261. The van der Waals surface area contributed by atoms with E-state index in [0.717, 1.165) is 58.4 Å². The zero-order valence-electron chi connectivity index (χ0n) is 18.6. The standard InChI is InChI=1S/C19H20ClN5OS.C4H4O4.H2/c20-16-9-15-18(22-11-23-19(15)27-16)24-14-4-6-25(7-5-14)10-12-2-1-3-13(8-12)17(21)26;5-3(6)1-2-4(7)8;/h1-3,8-9,11,14H,4-7,10H2,(H2,21,26)(H,22,23,24);1-2H,(H,5,6)(H,7,8);1H/b;2-1-;. The molecule has 2 aromatic heterocycles. The monoisotopic (exact) mass is 519 g/mol. The summed E-state index contributed by atoms with van der Waals surface area (Å²) in [7, 11) is 0. The van der Waals surface area contributed by atoms with E-state index in [0.29, 0.717) is 23.8 Å². The first kappa shape index (κ1) is 26.1. The average Bonchev–Trinajstić information content (AvgIpc) is 3.21. The molecule has 0 radical (unpaired) electrons. The van der Waals surface area contributed by atoms with Crippen LogP contribution in [-0.2, 0) is 16.1 Å². The molecule has 0 atom stereocenters. The van der Waals surface area contributed by atoms with Crippen molar-refractivity contribution in [2.45, 2.75) is 25.4 Å². The van der Waals surface area contributed by atoms with Gasteiger partial charge in [-0.05, 0) is 36.6 Å². The molecule has 1 aliphatic rings. The van der Waals surface area contributed by atoms with Crippen LogP contribution in [0.4, 0.5) is 5.82 Å². The largest absolute Gasteiger partial charge is 0.478 e. The van der Waals surface area contributed by atoms with E-state index < -0.39 is 11.9 Å². The van der Waals surface area contributed by atoms with Crippen molar-refractivity contribution in [3.8, 4) is 0 Å². The minimum atomic E-state index is -1.26. The third-order valence-corrected chi connectivity index (χ3v) is 6.39. The number of rotatable bonds is 7. The first-order valence-electron chi connectivity index (χ1n) is 10.6. The van der Waals surface area contributed by atoms with Gasteiger partial charge in [-0.1, -0.05) is 23.7 Å². The third-order valence-electron chi connectivity index (χ3n) is 5.21. The second-order valence-electron chi connectivity index (χ2n) is 7.76. The summed E-state index contributed by atoms with van der Waals surface area (Å²) in [5.41, 5.74) is 7.04. The first-order chi connectivity index (χ1) is 16.7. The number of fused-ring (bicyclic) bond motifs is 1. The number of carboxylic acid groups (broad SMARTS) is 2. The summed E-state index contributed by atoms with van der Waals surface area (Å²) >= 11 is 7.58. The van der Waals surface area contributed by atoms with E-state index in [1.807, 2.05) is 24.3 Å². The number of aliphatic carboxylic acids is 2. The van der Waals surface area contributed by atoms with Crippen LogP contribution in [0.3, 0.4) is 0 Å². The van der Waals surface area contributed by atoms with Gasteiger partial charge in [0.2, 0.25) is 5.91 Å². The molecule has 3 heterocycles. The van der Waals surface area contributed by atoms with Crippen LogP contribution < -0.4 is 11.1 Å². The predicted octanol–water partition coefficient (Wildman–Crippen LogP) is 3.48. The molecule has 5 N–H and O–H groups in total. The van der Waals surface area contributed by atoms with Crippen molar-refractivity contribution < 1.29 is 26.0 Å². The summed E-state index contributed by atoms with van der Waals surface area (Å²) in [5, 5.41) is 20.2. The van der Waals surface area contributed by atoms with Gasteiger partial charge in [-0.3, -0.25) is 9.69 Å². The summed E-state index contributed by atoms with van der Waals surface area (Å²) < 4.78 is 0.724. The van der Waals surface area contributed by atoms with Crippen molar-refractivity contribution in [1.82, 2.24) is 14.9 Å². The number of nitrogens with zero attached hydrogens (tertiary/aromatic N) is 3. The smallest absolute Gasteiger partial charge is 0.328 e. The Labute approximate surface area is 211 Å². The number of aromatic nitrogens is 2. The lowest BCUT2D eigenvalue weighted by Crippen LogP contribution is -2.38. The number of piperidine rings is 1. The molecular formula is C23H26ClN5O5S. The lowest BCUT2D eigenvalue weighted by molar-refractivity contribution is -0.134. The molecule has 4 rings (SSSR count). The lowest BCUT2D eigenvalue weighted by atomic mass is 10.0. The molecule has 1 fully saturated rings. The molecular weight excluding hydrogens is 494 g/mol. The summed E-state index contributed by atoms with van der Waals surface area (Å²) in [6.45, 7) is 2.79. The van der Waals surface area contributed by atoms with E-state index >= 15 is 0 Å². The Morgan fingerprint density at radius 2 is 1.86 bits per heavy atom. The van der Waals surface area contributed by atoms with E-state index in [9.17, 15) is 14.4 Å². The fourth-order valence-electron chi connectivity index (χ4n) is 3.59. The zero-order valence-corrected chi connectivity index (χ0v) is 20.1. The van der Waals surface area contributed by atoms with Crippen LogP contribution in [0.1, 0.15) is 30.2 Å². The number of carbonyl (C=O) groups excluding carboxylic acids is 1. The Morgan fingerprint density at radius 1 is 1.17 bits per heavy atom. The van der Waals surface area contributed by atoms with Gasteiger partial charge in [0.25, 0.3) is 0 Å². The molecule has 1 aromatic carbocycles. The van der Waals surface area contributed by atoms with Crippen LogP contribution in [-0.4, -0.2) is 62.1 Å². The van der Waals surface area contributed by atoms with Gasteiger partial charge in [-0.2, -0.15) is 0 Å². The number of carboxylic acids is 2. The number of benzene rings is 1. The Bertz CT molecular complexity index is 1230. The summed E-state index contributed by atoms with van der Waals surface area (Å²) in [4.78, 5) is 42.4. The quantitative estimate of drug-likeness (QED) is 0.343. The van der Waals surface area contributed by atoms with Gasteiger partial charge >= 0.3 is 11.9 Å². The molecule has 0 bridgehead atoms. The topological polar surface area (TPSA) is 159 Å². The highest BCUT2D eigenvalue weighted by atomic mass is 35.5. The van der Waals surface area contributed by atoms with E-state index in [1.54, 1.807) is 12.4 Å². The average molecular weight is 520 g/mol. The Balaban J connectivity index is 0.000000442. The third kappa shape index (κ3) is 8.02. The molecule has 0 unspecified atom stereocenters. The number of primary amides is 1. The van der Waals surface area contributed by atoms with Gasteiger partial charge < -0.3 is 21.3 Å². The van der Waals surface area contributed by atoms with Crippen LogP contribution in [0.25, 0.3) is 10.2 Å². The minimum absolute atomic E-state index is 0. The number of halogens is 1. The Kier molecular flexibility index (Phi) is 9.12. The molecule has 186 valence electrons. The summed E-state index contributed by atoms with van der Waals surface area (Å²) in [6, 6.07) is 9.84. The predicted molar refractivity (Wildman–Crippen MR) is 136 cm³/mol. The van der Waals surface area contributed by atoms with Crippen molar-refractivity contribution in [3.63, 3.8) is 0 Å². The fourth-order valence-corrected chi connectivity index (χ4v) is 4.65. The highest BCUT2D eigenvalue weighted by Gasteiger charge is 2.21. The van der Waals surface area contributed by atoms with Crippen molar-refractivity contribution in [1.29, 1.82) is 0 Å². The van der Waals surface area contributed by atoms with Crippen LogP contribution >= 0.6 is 22.9 Å². The minimum Gasteiger partial charge on any atom is -0.478 e. The number of thiophene rings is 1. The molecule has 10 nitrogen and oxygen atoms in total. The Morgan fingerprint density at radius 3 is 2.49 bits per heavy atom. The van der Waals surface area contributed by atoms with Crippen molar-refractivity contribution in [2.24, 2.45) is 5.73 Å². The van der Waals surface area contributed by atoms with E-state index in [-0.39, 0.29) is 7.33 Å². The maximum Gasteiger partial charge on any atom is 0.328 e. The van der Waals surface area contributed by atoms with Crippen LogP contribution in [0.5, 0.6) is 0 Å². The molecule has 1 saturated heterocycles. The number of nitrogens with one attached hydrogen (secondary N) is 1. The number of amides is 1.